The van der Waals surface area contributed by atoms with E-state index in [9.17, 15) is 4.79 Å². The third kappa shape index (κ3) is 3.48. The highest BCUT2D eigenvalue weighted by atomic mass is 32.1. The van der Waals surface area contributed by atoms with Crippen LogP contribution in [-0.4, -0.2) is 40.4 Å². The van der Waals surface area contributed by atoms with E-state index in [0.29, 0.717) is 12.5 Å². The summed E-state index contributed by atoms with van der Waals surface area (Å²) >= 11 is 1.70. The van der Waals surface area contributed by atoms with Crippen molar-refractivity contribution in [2.24, 2.45) is 0 Å². The van der Waals surface area contributed by atoms with Gasteiger partial charge in [0.25, 0.3) is 0 Å². The maximum Gasteiger partial charge on any atom is 0.329 e. The minimum absolute atomic E-state index is 0.197. The first-order valence-corrected chi connectivity index (χ1v) is 9.76. The minimum atomic E-state index is -0.932. The van der Waals surface area contributed by atoms with E-state index in [0.717, 1.165) is 35.9 Å². The lowest BCUT2D eigenvalue weighted by molar-refractivity contribution is -0.142. The molecule has 4 rings (SSSR count). The summed E-state index contributed by atoms with van der Waals surface area (Å²) in [4.78, 5) is 21.8. The van der Waals surface area contributed by atoms with Crippen molar-refractivity contribution in [1.29, 1.82) is 0 Å². The standard InChI is InChI=1S/C18H22N2O4S/c21-14(22)9-23-8-11-6-7-13-15(11)16-17(19-10-20-18(16)25-13)24-12-4-2-1-3-5-12/h10-12H,1-9H2,(H,21,22)/t11-/m1/s1. The molecule has 134 valence electrons. The fraction of sp³-hybridized carbons (Fsp3) is 0.611. The van der Waals surface area contributed by atoms with Crippen LogP contribution in [0.4, 0.5) is 0 Å². The third-order valence-electron chi connectivity index (χ3n) is 5.07. The van der Waals surface area contributed by atoms with E-state index >= 15 is 0 Å². The summed E-state index contributed by atoms with van der Waals surface area (Å²) in [7, 11) is 0. The van der Waals surface area contributed by atoms with Gasteiger partial charge in [-0.25, -0.2) is 14.8 Å². The molecule has 2 aliphatic carbocycles. The SMILES string of the molecule is O=C(O)COC[C@H]1CCc2sc3ncnc(OC4CCCCC4)c3c21. The third-order valence-corrected chi connectivity index (χ3v) is 6.24. The number of hydrogen-bond donors (Lipinski definition) is 1. The Morgan fingerprint density at radius 1 is 1.24 bits per heavy atom. The molecule has 1 atom stereocenters. The van der Waals surface area contributed by atoms with E-state index in [1.165, 1.54) is 29.7 Å². The summed E-state index contributed by atoms with van der Waals surface area (Å²) in [5, 5.41) is 9.80. The first kappa shape index (κ1) is 16.7. The van der Waals surface area contributed by atoms with Gasteiger partial charge in [0.15, 0.2) is 0 Å². The Morgan fingerprint density at radius 2 is 2.08 bits per heavy atom. The van der Waals surface area contributed by atoms with Crippen molar-refractivity contribution in [2.75, 3.05) is 13.2 Å². The lowest BCUT2D eigenvalue weighted by Gasteiger charge is -2.23. The highest BCUT2D eigenvalue weighted by molar-refractivity contribution is 7.19. The molecule has 0 spiro atoms. The fourth-order valence-electron chi connectivity index (χ4n) is 3.93. The molecule has 2 aliphatic rings. The fourth-order valence-corrected chi connectivity index (χ4v) is 5.16. The van der Waals surface area contributed by atoms with E-state index in [-0.39, 0.29) is 18.6 Å². The molecular weight excluding hydrogens is 340 g/mol. The van der Waals surface area contributed by atoms with Crippen LogP contribution in [0.25, 0.3) is 10.2 Å². The van der Waals surface area contributed by atoms with Crippen molar-refractivity contribution in [3.05, 3.63) is 16.8 Å². The van der Waals surface area contributed by atoms with Gasteiger partial charge < -0.3 is 14.6 Å². The molecule has 1 saturated carbocycles. The van der Waals surface area contributed by atoms with Crippen LogP contribution in [0.1, 0.15) is 54.9 Å². The van der Waals surface area contributed by atoms with Gasteiger partial charge in [0.2, 0.25) is 5.88 Å². The van der Waals surface area contributed by atoms with Crippen LogP contribution in [-0.2, 0) is 16.0 Å². The maximum absolute atomic E-state index is 10.7. The molecule has 0 amide bonds. The minimum Gasteiger partial charge on any atom is -0.480 e. The number of rotatable bonds is 6. The van der Waals surface area contributed by atoms with E-state index in [1.807, 2.05) is 0 Å². The van der Waals surface area contributed by atoms with Crippen LogP contribution in [0, 0.1) is 0 Å². The second kappa shape index (κ2) is 7.25. The van der Waals surface area contributed by atoms with E-state index in [2.05, 4.69) is 9.97 Å². The Kier molecular flexibility index (Phi) is 4.85. The first-order valence-electron chi connectivity index (χ1n) is 8.95. The van der Waals surface area contributed by atoms with Gasteiger partial charge in [0.1, 0.15) is 23.9 Å². The van der Waals surface area contributed by atoms with E-state index in [4.69, 9.17) is 14.6 Å². The molecule has 0 radical (unpaired) electrons. The van der Waals surface area contributed by atoms with Crippen molar-refractivity contribution in [3.8, 4) is 5.88 Å². The molecule has 7 heteroatoms. The van der Waals surface area contributed by atoms with Crippen LogP contribution < -0.4 is 4.74 Å². The van der Waals surface area contributed by atoms with Crippen molar-refractivity contribution >= 4 is 27.5 Å². The van der Waals surface area contributed by atoms with Gasteiger partial charge in [-0.05, 0) is 44.1 Å². The molecule has 0 unspecified atom stereocenters. The number of aliphatic carboxylic acids is 1. The van der Waals surface area contributed by atoms with Crippen molar-refractivity contribution in [3.63, 3.8) is 0 Å². The van der Waals surface area contributed by atoms with Gasteiger partial charge >= 0.3 is 5.97 Å². The number of nitrogens with zero attached hydrogens (tertiary/aromatic N) is 2. The molecule has 2 aromatic heterocycles. The van der Waals surface area contributed by atoms with Gasteiger partial charge in [0.05, 0.1) is 12.0 Å². The summed E-state index contributed by atoms with van der Waals surface area (Å²) in [6, 6.07) is 0. The van der Waals surface area contributed by atoms with Crippen LogP contribution in [0.2, 0.25) is 0 Å². The lowest BCUT2D eigenvalue weighted by Crippen LogP contribution is -2.20. The average molecular weight is 362 g/mol. The number of hydrogen-bond acceptors (Lipinski definition) is 6. The molecule has 0 aliphatic heterocycles. The van der Waals surface area contributed by atoms with Crippen molar-refractivity contribution in [2.45, 2.75) is 57.0 Å². The van der Waals surface area contributed by atoms with Crippen molar-refractivity contribution in [1.82, 2.24) is 9.97 Å². The zero-order valence-electron chi connectivity index (χ0n) is 14.1. The monoisotopic (exact) mass is 362 g/mol. The second-order valence-corrected chi connectivity index (χ2v) is 7.90. The molecule has 25 heavy (non-hydrogen) atoms. The quantitative estimate of drug-likeness (QED) is 0.846. The summed E-state index contributed by atoms with van der Waals surface area (Å²) in [6.07, 6.45) is 9.68. The molecule has 1 fully saturated rings. The number of aromatic nitrogens is 2. The smallest absolute Gasteiger partial charge is 0.329 e. The summed E-state index contributed by atoms with van der Waals surface area (Å²) in [5.41, 5.74) is 1.22. The Labute approximate surface area is 150 Å². The highest BCUT2D eigenvalue weighted by Crippen LogP contribution is 2.46. The molecule has 2 heterocycles. The zero-order valence-corrected chi connectivity index (χ0v) is 14.9. The van der Waals surface area contributed by atoms with Gasteiger partial charge in [0, 0.05) is 10.8 Å². The van der Waals surface area contributed by atoms with Crippen LogP contribution >= 0.6 is 11.3 Å². The molecule has 1 N–H and O–H groups in total. The Bertz CT molecular complexity index is 770. The highest BCUT2D eigenvalue weighted by Gasteiger charge is 2.31. The molecule has 6 nitrogen and oxygen atoms in total. The number of fused-ring (bicyclic) bond motifs is 3. The van der Waals surface area contributed by atoms with Crippen LogP contribution in [0.5, 0.6) is 5.88 Å². The number of carboxylic acids is 1. The predicted octanol–water partition coefficient (Wildman–Crippen LogP) is 3.53. The molecule has 0 bridgehead atoms. The van der Waals surface area contributed by atoms with Crippen molar-refractivity contribution < 1.29 is 19.4 Å². The van der Waals surface area contributed by atoms with E-state index < -0.39 is 5.97 Å². The predicted molar refractivity (Wildman–Crippen MR) is 94.4 cm³/mol. The normalized spacial score (nSPS) is 20.7. The number of thiophene rings is 1. The summed E-state index contributed by atoms with van der Waals surface area (Å²) < 4.78 is 11.6. The molecular formula is C18H22N2O4S. The number of carboxylic acid groups (broad SMARTS) is 1. The summed E-state index contributed by atoms with van der Waals surface area (Å²) in [6.45, 7) is 0.165. The Morgan fingerprint density at radius 3 is 2.88 bits per heavy atom. The Hall–Kier alpha value is -1.73. The van der Waals surface area contributed by atoms with Crippen LogP contribution in [0.15, 0.2) is 6.33 Å². The van der Waals surface area contributed by atoms with Gasteiger partial charge in [-0.15, -0.1) is 11.3 Å². The average Bonchev–Trinajstić information content (AvgIpc) is 3.15. The Balaban J connectivity index is 1.61. The lowest BCUT2D eigenvalue weighted by atomic mass is 9.97. The number of aryl methyl sites for hydroxylation is 1. The van der Waals surface area contributed by atoms with Crippen LogP contribution in [0.3, 0.4) is 0 Å². The second-order valence-electron chi connectivity index (χ2n) is 6.82. The maximum atomic E-state index is 10.7. The largest absolute Gasteiger partial charge is 0.480 e. The first-order chi connectivity index (χ1) is 12.2. The van der Waals surface area contributed by atoms with E-state index in [1.54, 1.807) is 17.7 Å². The topological polar surface area (TPSA) is 81.5 Å². The van der Waals surface area contributed by atoms with Gasteiger partial charge in [-0.3, -0.25) is 0 Å². The number of ether oxygens (including phenoxy) is 2. The zero-order chi connectivity index (χ0) is 17.2. The van der Waals surface area contributed by atoms with Gasteiger partial charge in [-0.2, -0.15) is 0 Å². The summed E-state index contributed by atoms with van der Waals surface area (Å²) in [5.74, 6) is -0.0413. The van der Waals surface area contributed by atoms with Gasteiger partial charge in [-0.1, -0.05) is 6.42 Å². The molecule has 2 aromatic rings. The molecule has 0 saturated heterocycles. The number of carbonyl (C=O) groups is 1. The molecule has 0 aromatic carbocycles.